The Bertz CT molecular complexity index is 608. The van der Waals surface area contributed by atoms with Gasteiger partial charge in [-0.3, -0.25) is 9.55 Å². The highest BCUT2D eigenvalue weighted by Crippen LogP contribution is 2.54. The molecule has 2 aromatic rings. The van der Waals surface area contributed by atoms with Crippen LogP contribution in [0.2, 0.25) is 0 Å². The molecule has 126 valence electrons. The Hall–Kier alpha value is -1.62. The zero-order chi connectivity index (χ0) is 16.7. The molecule has 2 heterocycles. The van der Waals surface area contributed by atoms with E-state index in [9.17, 15) is 4.57 Å². The summed E-state index contributed by atoms with van der Waals surface area (Å²) in [5, 5.41) is 0. The number of rotatable bonds is 9. The van der Waals surface area contributed by atoms with Crippen molar-refractivity contribution < 1.29 is 18.0 Å². The Balaban J connectivity index is 2.31. The quantitative estimate of drug-likeness (QED) is 0.635. The van der Waals surface area contributed by atoms with Gasteiger partial charge in [-0.15, -0.1) is 0 Å². The largest absolute Gasteiger partial charge is 0.449 e. The van der Waals surface area contributed by atoms with Crippen molar-refractivity contribution >= 4 is 13.5 Å². The average molecular weight is 338 g/mol. The third kappa shape index (κ3) is 4.44. The monoisotopic (exact) mass is 338 g/mol. The summed E-state index contributed by atoms with van der Waals surface area (Å²) >= 11 is 0. The Morgan fingerprint density at radius 3 is 2.48 bits per heavy atom. The maximum absolute atomic E-state index is 13.1. The van der Waals surface area contributed by atoms with Crippen LogP contribution in [-0.4, -0.2) is 24.0 Å². The third-order valence-electron chi connectivity index (χ3n) is 3.37. The van der Waals surface area contributed by atoms with Crippen molar-refractivity contribution in [1.29, 1.82) is 0 Å². The van der Waals surface area contributed by atoms with E-state index in [0.29, 0.717) is 25.6 Å². The average Bonchev–Trinajstić information content (AvgIpc) is 3.07. The third-order valence-corrected chi connectivity index (χ3v) is 5.80. The van der Waals surface area contributed by atoms with Crippen molar-refractivity contribution in [3.63, 3.8) is 0 Å². The molecule has 6 nitrogen and oxygen atoms in total. The van der Waals surface area contributed by atoms with Crippen LogP contribution in [0, 0.1) is 0 Å². The molecule has 0 aliphatic heterocycles. The number of aromatic nitrogens is 1. The lowest BCUT2D eigenvalue weighted by Crippen LogP contribution is -2.33. The van der Waals surface area contributed by atoms with Crippen molar-refractivity contribution in [3.05, 3.63) is 48.5 Å². The summed E-state index contributed by atoms with van der Waals surface area (Å²) in [6.45, 7) is 6.49. The molecular formula is C16H23N2O4P. The van der Waals surface area contributed by atoms with Crippen molar-refractivity contribution in [2.24, 2.45) is 0 Å². The molecule has 0 spiro atoms. The molecule has 2 aromatic heterocycles. The van der Waals surface area contributed by atoms with Crippen LogP contribution in [0.15, 0.2) is 47.2 Å². The fraction of sp³-hybridized carbons (Fsp3) is 0.438. The second-order valence-corrected chi connectivity index (χ2v) is 7.25. The van der Waals surface area contributed by atoms with Gasteiger partial charge in [0.15, 0.2) is 5.88 Å². The Morgan fingerprint density at radius 2 is 1.96 bits per heavy atom. The number of furan rings is 1. The van der Waals surface area contributed by atoms with Gasteiger partial charge in [0.1, 0.15) is 5.78 Å². The lowest BCUT2D eigenvalue weighted by atomic mass is 10.3. The topological polar surface area (TPSA) is 64.8 Å². The molecule has 23 heavy (non-hydrogen) atoms. The molecule has 0 aliphatic carbocycles. The summed E-state index contributed by atoms with van der Waals surface area (Å²) in [6, 6.07) is 9.30. The summed E-state index contributed by atoms with van der Waals surface area (Å²) in [7, 11) is -3.31. The van der Waals surface area contributed by atoms with Gasteiger partial charge in [-0.2, -0.15) is 0 Å². The summed E-state index contributed by atoms with van der Waals surface area (Å²) in [6.07, 6.45) is 3.31. The van der Waals surface area contributed by atoms with Crippen molar-refractivity contribution in [2.75, 3.05) is 18.1 Å². The van der Waals surface area contributed by atoms with Gasteiger partial charge in [-0.25, -0.2) is 0 Å². The lowest BCUT2D eigenvalue weighted by Gasteiger charge is -2.33. The van der Waals surface area contributed by atoms with E-state index in [2.05, 4.69) is 4.98 Å². The molecule has 0 N–H and O–H groups in total. The molecule has 0 saturated heterocycles. The standard InChI is InChI=1S/C16H23N2O4P/c1-4-21-23(19,22-5-2)14(3)18(16-10-8-12-20-16)13-15-9-6-7-11-17-15/h6-12,14H,4-5,13H2,1-3H3/t14-/m0/s1. The fourth-order valence-corrected chi connectivity index (χ4v) is 4.04. The molecule has 0 amide bonds. The molecule has 0 unspecified atom stereocenters. The first-order valence-electron chi connectivity index (χ1n) is 7.69. The molecule has 0 aromatic carbocycles. The van der Waals surface area contributed by atoms with E-state index in [-0.39, 0.29) is 0 Å². The zero-order valence-electron chi connectivity index (χ0n) is 13.7. The Kier molecular flexibility index (Phi) is 6.39. The molecule has 0 radical (unpaired) electrons. The van der Waals surface area contributed by atoms with E-state index in [4.69, 9.17) is 13.5 Å². The molecule has 7 heteroatoms. The van der Waals surface area contributed by atoms with Crippen LogP contribution in [0.25, 0.3) is 0 Å². The summed E-state index contributed by atoms with van der Waals surface area (Å²) in [5.41, 5.74) is 0.843. The SMILES string of the molecule is CCOP(=O)(OCC)[C@@H](C)N(Cc1ccccn1)c1ccco1. The molecule has 0 aliphatic rings. The van der Waals surface area contributed by atoms with Gasteiger partial charge in [0.25, 0.3) is 0 Å². The van der Waals surface area contributed by atoms with Gasteiger partial charge in [0, 0.05) is 12.3 Å². The summed E-state index contributed by atoms with van der Waals surface area (Å²) in [5.74, 6) is 0.0957. The van der Waals surface area contributed by atoms with E-state index in [1.807, 2.05) is 36.1 Å². The first kappa shape index (κ1) is 17.7. The molecule has 0 saturated carbocycles. The van der Waals surface area contributed by atoms with E-state index >= 15 is 0 Å². The second-order valence-electron chi connectivity index (χ2n) is 4.91. The highest BCUT2D eigenvalue weighted by molar-refractivity contribution is 7.54. The van der Waals surface area contributed by atoms with Crippen molar-refractivity contribution in [2.45, 2.75) is 33.1 Å². The van der Waals surface area contributed by atoms with Crippen LogP contribution >= 0.6 is 7.60 Å². The Morgan fingerprint density at radius 1 is 1.22 bits per heavy atom. The van der Waals surface area contributed by atoms with E-state index in [1.54, 1.807) is 32.4 Å². The minimum absolute atomic E-state index is 0.317. The van der Waals surface area contributed by atoms with Crippen LogP contribution in [0.5, 0.6) is 0 Å². The van der Waals surface area contributed by atoms with E-state index in [1.165, 1.54) is 0 Å². The summed E-state index contributed by atoms with van der Waals surface area (Å²) in [4.78, 5) is 6.19. The number of pyridine rings is 1. The first-order chi connectivity index (χ1) is 11.1. The van der Waals surface area contributed by atoms with Crippen LogP contribution in [0.4, 0.5) is 5.88 Å². The van der Waals surface area contributed by atoms with Crippen molar-refractivity contribution in [3.8, 4) is 0 Å². The van der Waals surface area contributed by atoms with Gasteiger partial charge in [-0.05, 0) is 39.0 Å². The number of anilines is 1. The Labute approximate surface area is 137 Å². The minimum atomic E-state index is -3.31. The highest BCUT2D eigenvalue weighted by atomic mass is 31.2. The van der Waals surface area contributed by atoms with Crippen LogP contribution in [-0.2, 0) is 20.2 Å². The van der Waals surface area contributed by atoms with Gasteiger partial charge in [0.05, 0.1) is 31.7 Å². The summed E-state index contributed by atoms with van der Waals surface area (Å²) < 4.78 is 29.6. The molecule has 0 fully saturated rings. The van der Waals surface area contributed by atoms with E-state index in [0.717, 1.165) is 5.69 Å². The lowest BCUT2D eigenvalue weighted by molar-refractivity contribution is 0.211. The number of nitrogens with zero attached hydrogens (tertiary/aromatic N) is 2. The van der Waals surface area contributed by atoms with Gasteiger partial charge in [-0.1, -0.05) is 6.07 Å². The second kappa shape index (κ2) is 8.29. The van der Waals surface area contributed by atoms with Gasteiger partial charge >= 0.3 is 7.60 Å². The van der Waals surface area contributed by atoms with Gasteiger partial charge in [0.2, 0.25) is 0 Å². The molecule has 2 rings (SSSR count). The predicted octanol–water partition coefficient (Wildman–Crippen LogP) is 4.29. The maximum Gasteiger partial charge on any atom is 0.352 e. The van der Waals surface area contributed by atoms with Crippen LogP contribution < -0.4 is 4.90 Å². The number of hydrogen-bond donors (Lipinski definition) is 0. The normalized spacial score (nSPS) is 13.0. The smallest absolute Gasteiger partial charge is 0.352 e. The van der Waals surface area contributed by atoms with Crippen molar-refractivity contribution in [1.82, 2.24) is 4.98 Å². The minimum Gasteiger partial charge on any atom is -0.449 e. The zero-order valence-corrected chi connectivity index (χ0v) is 14.6. The highest BCUT2D eigenvalue weighted by Gasteiger charge is 2.37. The first-order valence-corrected chi connectivity index (χ1v) is 9.30. The predicted molar refractivity (Wildman–Crippen MR) is 89.4 cm³/mol. The molecule has 1 atom stereocenters. The molecule has 0 bridgehead atoms. The molecular weight excluding hydrogens is 315 g/mol. The van der Waals surface area contributed by atoms with E-state index < -0.39 is 13.4 Å². The number of hydrogen-bond acceptors (Lipinski definition) is 6. The van der Waals surface area contributed by atoms with Crippen LogP contribution in [0.3, 0.4) is 0 Å². The van der Waals surface area contributed by atoms with Gasteiger partial charge < -0.3 is 18.4 Å². The maximum atomic E-state index is 13.1. The van der Waals surface area contributed by atoms with Crippen LogP contribution in [0.1, 0.15) is 26.5 Å². The fourth-order valence-electron chi connectivity index (χ4n) is 2.28.